The average Bonchev–Trinajstić information content (AvgIpc) is 2.82. The second-order valence-electron chi connectivity index (χ2n) is 3.68. The summed E-state index contributed by atoms with van der Waals surface area (Å²) in [5.41, 5.74) is 2.36. The summed E-state index contributed by atoms with van der Waals surface area (Å²) in [6.45, 7) is 1.62. The molecular formula is C12H14BrN3O. The summed E-state index contributed by atoms with van der Waals surface area (Å²) in [5.74, 6) is 0.851. The minimum absolute atomic E-state index is 0.806. The number of aromatic nitrogens is 2. The van der Waals surface area contributed by atoms with Crippen molar-refractivity contribution in [3.63, 3.8) is 0 Å². The first-order valence-corrected chi connectivity index (χ1v) is 6.09. The molecule has 0 saturated heterocycles. The topological polar surface area (TPSA) is 49.9 Å². The van der Waals surface area contributed by atoms with Crippen molar-refractivity contribution in [2.75, 3.05) is 7.11 Å². The van der Waals surface area contributed by atoms with Crippen LogP contribution in [0.15, 0.2) is 35.1 Å². The van der Waals surface area contributed by atoms with Gasteiger partial charge in [-0.25, -0.2) is 0 Å². The maximum atomic E-state index is 5.18. The molecule has 1 aromatic carbocycles. The van der Waals surface area contributed by atoms with Gasteiger partial charge in [0.2, 0.25) is 0 Å². The van der Waals surface area contributed by atoms with Gasteiger partial charge in [-0.05, 0) is 33.6 Å². The summed E-state index contributed by atoms with van der Waals surface area (Å²) in [4.78, 5) is 0. The molecule has 1 aromatic heterocycles. The molecule has 17 heavy (non-hydrogen) atoms. The molecule has 0 spiro atoms. The van der Waals surface area contributed by atoms with Gasteiger partial charge in [0.15, 0.2) is 0 Å². The number of aromatic amines is 1. The predicted octanol–water partition coefficient (Wildman–Crippen LogP) is 2.47. The maximum Gasteiger partial charge on any atom is 0.133 e. The highest BCUT2D eigenvalue weighted by Gasteiger charge is 2.01. The van der Waals surface area contributed by atoms with Gasteiger partial charge in [-0.1, -0.05) is 6.07 Å². The number of hydrogen-bond donors (Lipinski definition) is 2. The van der Waals surface area contributed by atoms with Crippen molar-refractivity contribution in [3.05, 3.63) is 46.2 Å². The fraction of sp³-hybridized carbons (Fsp3) is 0.250. The Bertz CT molecular complexity index is 471. The molecule has 2 aromatic rings. The minimum atomic E-state index is 0.806. The third-order valence-corrected chi connectivity index (χ3v) is 3.05. The predicted molar refractivity (Wildman–Crippen MR) is 69.8 cm³/mol. The third kappa shape index (κ3) is 3.31. The minimum Gasteiger partial charge on any atom is -0.496 e. The lowest BCUT2D eigenvalue weighted by molar-refractivity contribution is 0.412. The SMILES string of the molecule is COc1ccc(CNCc2cn[nH]c2)cc1Br. The van der Waals surface area contributed by atoms with Crippen LogP contribution in [-0.4, -0.2) is 17.3 Å². The van der Waals surface area contributed by atoms with Gasteiger partial charge < -0.3 is 10.1 Å². The van der Waals surface area contributed by atoms with Crippen LogP contribution in [0.1, 0.15) is 11.1 Å². The van der Waals surface area contributed by atoms with Gasteiger partial charge in [-0.15, -0.1) is 0 Å². The normalized spacial score (nSPS) is 10.5. The Labute approximate surface area is 109 Å². The van der Waals surface area contributed by atoms with Crippen molar-refractivity contribution in [2.24, 2.45) is 0 Å². The van der Waals surface area contributed by atoms with E-state index in [1.807, 2.05) is 24.5 Å². The Morgan fingerprint density at radius 1 is 1.35 bits per heavy atom. The summed E-state index contributed by atoms with van der Waals surface area (Å²) in [6.07, 6.45) is 3.70. The van der Waals surface area contributed by atoms with Crippen LogP contribution in [-0.2, 0) is 13.1 Å². The van der Waals surface area contributed by atoms with E-state index in [0.29, 0.717) is 0 Å². The van der Waals surface area contributed by atoms with E-state index in [1.54, 1.807) is 7.11 Å². The van der Waals surface area contributed by atoms with E-state index in [4.69, 9.17) is 4.74 Å². The Morgan fingerprint density at radius 3 is 2.82 bits per heavy atom. The van der Waals surface area contributed by atoms with Crippen LogP contribution in [0.25, 0.3) is 0 Å². The van der Waals surface area contributed by atoms with Gasteiger partial charge in [0, 0.05) is 24.8 Å². The molecule has 2 rings (SSSR count). The molecule has 5 heteroatoms. The van der Waals surface area contributed by atoms with E-state index in [9.17, 15) is 0 Å². The van der Waals surface area contributed by atoms with Crippen molar-refractivity contribution < 1.29 is 4.74 Å². The molecule has 0 aliphatic carbocycles. The highest BCUT2D eigenvalue weighted by molar-refractivity contribution is 9.10. The molecule has 0 bridgehead atoms. The monoisotopic (exact) mass is 295 g/mol. The van der Waals surface area contributed by atoms with Crippen LogP contribution in [0.4, 0.5) is 0 Å². The van der Waals surface area contributed by atoms with Crippen LogP contribution in [0, 0.1) is 0 Å². The summed E-state index contributed by atoms with van der Waals surface area (Å²) >= 11 is 3.47. The highest BCUT2D eigenvalue weighted by atomic mass is 79.9. The van der Waals surface area contributed by atoms with E-state index >= 15 is 0 Å². The molecule has 0 atom stereocenters. The Kier molecular flexibility index (Phi) is 4.17. The third-order valence-electron chi connectivity index (χ3n) is 2.43. The molecule has 4 nitrogen and oxygen atoms in total. The fourth-order valence-electron chi connectivity index (χ4n) is 1.55. The lowest BCUT2D eigenvalue weighted by Gasteiger charge is -2.07. The molecule has 0 fully saturated rings. The van der Waals surface area contributed by atoms with Crippen molar-refractivity contribution in [3.8, 4) is 5.75 Å². The van der Waals surface area contributed by atoms with Gasteiger partial charge in [-0.2, -0.15) is 5.10 Å². The summed E-state index contributed by atoms with van der Waals surface area (Å²) in [6, 6.07) is 6.06. The number of nitrogens with one attached hydrogen (secondary N) is 2. The number of H-pyrrole nitrogens is 1. The number of benzene rings is 1. The quantitative estimate of drug-likeness (QED) is 0.891. The molecule has 1 heterocycles. The van der Waals surface area contributed by atoms with Gasteiger partial charge in [0.25, 0.3) is 0 Å². The van der Waals surface area contributed by atoms with Gasteiger partial charge in [0.1, 0.15) is 5.75 Å². The van der Waals surface area contributed by atoms with Crippen molar-refractivity contribution in [1.29, 1.82) is 0 Å². The van der Waals surface area contributed by atoms with Crippen molar-refractivity contribution in [1.82, 2.24) is 15.5 Å². The number of rotatable bonds is 5. The van der Waals surface area contributed by atoms with Crippen LogP contribution in [0.5, 0.6) is 5.75 Å². The zero-order chi connectivity index (χ0) is 12.1. The second-order valence-corrected chi connectivity index (χ2v) is 4.53. The lowest BCUT2D eigenvalue weighted by atomic mass is 10.2. The Morgan fingerprint density at radius 2 is 2.18 bits per heavy atom. The van der Waals surface area contributed by atoms with Crippen LogP contribution < -0.4 is 10.1 Å². The van der Waals surface area contributed by atoms with Gasteiger partial charge in [0.05, 0.1) is 17.8 Å². The molecule has 0 aliphatic heterocycles. The lowest BCUT2D eigenvalue weighted by Crippen LogP contribution is -2.12. The number of ether oxygens (including phenoxy) is 1. The van der Waals surface area contributed by atoms with Gasteiger partial charge >= 0.3 is 0 Å². The van der Waals surface area contributed by atoms with Crippen LogP contribution in [0.3, 0.4) is 0 Å². The van der Waals surface area contributed by atoms with Crippen molar-refractivity contribution in [2.45, 2.75) is 13.1 Å². The number of methoxy groups -OCH3 is 1. The summed E-state index contributed by atoms with van der Waals surface area (Å²) < 4.78 is 6.16. The number of hydrogen-bond acceptors (Lipinski definition) is 3. The molecule has 0 radical (unpaired) electrons. The van der Waals surface area contributed by atoms with E-state index in [0.717, 1.165) is 28.9 Å². The van der Waals surface area contributed by atoms with Gasteiger partial charge in [-0.3, -0.25) is 5.10 Å². The average molecular weight is 296 g/mol. The largest absolute Gasteiger partial charge is 0.496 e. The fourth-order valence-corrected chi connectivity index (χ4v) is 2.13. The first-order valence-electron chi connectivity index (χ1n) is 5.30. The van der Waals surface area contributed by atoms with Crippen molar-refractivity contribution >= 4 is 15.9 Å². The summed E-state index contributed by atoms with van der Waals surface area (Å²) in [7, 11) is 1.66. The number of nitrogens with zero attached hydrogens (tertiary/aromatic N) is 1. The number of halogens is 1. The highest BCUT2D eigenvalue weighted by Crippen LogP contribution is 2.25. The zero-order valence-corrected chi connectivity index (χ0v) is 11.1. The van der Waals surface area contributed by atoms with Crippen LogP contribution >= 0.6 is 15.9 Å². The first-order chi connectivity index (χ1) is 8.29. The maximum absolute atomic E-state index is 5.18. The second kappa shape index (κ2) is 5.84. The molecule has 90 valence electrons. The molecule has 0 amide bonds. The van der Waals surface area contributed by atoms with Crippen LogP contribution in [0.2, 0.25) is 0 Å². The molecule has 0 saturated carbocycles. The molecule has 0 aliphatic rings. The first kappa shape index (κ1) is 12.1. The molecule has 0 unspecified atom stereocenters. The van der Waals surface area contributed by atoms with E-state index in [-0.39, 0.29) is 0 Å². The smallest absolute Gasteiger partial charge is 0.133 e. The summed E-state index contributed by atoms with van der Waals surface area (Å²) in [5, 5.41) is 10.0. The molecular weight excluding hydrogens is 282 g/mol. The zero-order valence-electron chi connectivity index (χ0n) is 9.53. The molecule has 2 N–H and O–H groups in total. The standard InChI is InChI=1S/C12H14BrN3O/c1-17-12-3-2-9(4-11(12)13)5-14-6-10-7-15-16-8-10/h2-4,7-8,14H,5-6H2,1H3,(H,15,16). The Hall–Kier alpha value is -1.33. The van der Waals surface area contributed by atoms with E-state index in [1.165, 1.54) is 5.56 Å². The van der Waals surface area contributed by atoms with E-state index in [2.05, 4.69) is 37.5 Å². The van der Waals surface area contributed by atoms with E-state index < -0.39 is 0 Å². The Balaban J connectivity index is 1.89.